The molecule has 0 saturated carbocycles. The number of likely N-dealkylation sites (N-methyl/N-ethyl adjacent to an activating group) is 1. The van der Waals surface area contributed by atoms with Gasteiger partial charge >= 0.3 is 0 Å². The topological polar surface area (TPSA) is 49.4 Å². The molecule has 1 atom stereocenters. The third-order valence-corrected chi connectivity index (χ3v) is 3.47. The first-order valence-corrected chi connectivity index (χ1v) is 6.35. The number of carbonyl (C=O) groups is 2. The van der Waals surface area contributed by atoms with E-state index >= 15 is 0 Å². The average Bonchev–Trinajstić information content (AvgIpc) is 2.59. The highest BCUT2D eigenvalue weighted by Gasteiger charge is 2.37. The van der Waals surface area contributed by atoms with E-state index in [1.54, 1.807) is 25.1 Å². The normalized spacial score (nSPS) is 19.5. The molecule has 1 aromatic rings. The summed E-state index contributed by atoms with van der Waals surface area (Å²) < 4.78 is 0. The lowest BCUT2D eigenvalue weighted by atomic mass is 10.2. The Labute approximate surface area is 115 Å². The number of likely N-dealkylation sites (tertiary alicyclic amines) is 1. The molecule has 96 valence electrons. The highest BCUT2D eigenvalue weighted by Crippen LogP contribution is 2.31. The lowest BCUT2D eigenvalue weighted by molar-refractivity contribution is -0.138. The molecule has 0 bridgehead atoms. The Bertz CT molecular complexity index is 485. The Morgan fingerprint density at radius 2 is 1.94 bits per heavy atom. The van der Waals surface area contributed by atoms with Crippen molar-refractivity contribution >= 4 is 40.7 Å². The number of anilines is 1. The molecule has 1 N–H and O–H groups in total. The van der Waals surface area contributed by atoms with Crippen LogP contribution in [0.2, 0.25) is 10.0 Å². The standard InChI is InChI=1S/C12H12Cl2N2O2/c1-2-16-10(17)6-9(12(16)18)15-11-7(13)4-3-5-8(11)14/h3-5,9,15H,2,6H2,1H3. The van der Waals surface area contributed by atoms with E-state index in [9.17, 15) is 9.59 Å². The van der Waals surface area contributed by atoms with Crippen molar-refractivity contribution in [2.45, 2.75) is 19.4 Å². The number of para-hydroxylation sites is 1. The highest BCUT2D eigenvalue weighted by atomic mass is 35.5. The van der Waals surface area contributed by atoms with Gasteiger partial charge in [0.05, 0.1) is 22.2 Å². The fourth-order valence-electron chi connectivity index (χ4n) is 1.94. The zero-order valence-electron chi connectivity index (χ0n) is 9.74. The van der Waals surface area contributed by atoms with Crippen molar-refractivity contribution in [2.24, 2.45) is 0 Å². The van der Waals surface area contributed by atoms with Gasteiger partial charge in [-0.15, -0.1) is 0 Å². The summed E-state index contributed by atoms with van der Waals surface area (Å²) in [4.78, 5) is 24.7. The maximum Gasteiger partial charge on any atom is 0.252 e. The largest absolute Gasteiger partial charge is 0.371 e. The molecule has 2 rings (SSSR count). The summed E-state index contributed by atoms with van der Waals surface area (Å²) in [6.07, 6.45) is 0.133. The van der Waals surface area contributed by atoms with Gasteiger partial charge in [0.15, 0.2) is 0 Å². The molecule has 1 aliphatic rings. The minimum Gasteiger partial charge on any atom is -0.371 e. The van der Waals surface area contributed by atoms with Crippen molar-refractivity contribution in [3.8, 4) is 0 Å². The van der Waals surface area contributed by atoms with E-state index in [4.69, 9.17) is 23.2 Å². The molecule has 1 heterocycles. The summed E-state index contributed by atoms with van der Waals surface area (Å²) in [6, 6.07) is 4.48. The van der Waals surface area contributed by atoms with Crippen LogP contribution in [0, 0.1) is 0 Å². The Morgan fingerprint density at radius 3 is 2.44 bits per heavy atom. The smallest absolute Gasteiger partial charge is 0.252 e. The maximum atomic E-state index is 11.9. The van der Waals surface area contributed by atoms with Crippen molar-refractivity contribution < 1.29 is 9.59 Å². The number of rotatable bonds is 3. The van der Waals surface area contributed by atoms with Crippen LogP contribution in [-0.2, 0) is 9.59 Å². The number of nitrogens with one attached hydrogen (secondary N) is 1. The van der Waals surface area contributed by atoms with Gasteiger partial charge in [-0.05, 0) is 19.1 Å². The predicted molar refractivity (Wildman–Crippen MR) is 70.9 cm³/mol. The first kappa shape index (κ1) is 13.2. The van der Waals surface area contributed by atoms with Gasteiger partial charge in [0.2, 0.25) is 5.91 Å². The first-order chi connectivity index (χ1) is 8.54. The molecule has 0 radical (unpaired) electrons. The van der Waals surface area contributed by atoms with Crippen molar-refractivity contribution in [3.63, 3.8) is 0 Å². The van der Waals surface area contributed by atoms with E-state index in [1.807, 2.05) is 0 Å². The maximum absolute atomic E-state index is 11.9. The van der Waals surface area contributed by atoms with Crippen LogP contribution in [0.25, 0.3) is 0 Å². The van der Waals surface area contributed by atoms with Crippen LogP contribution in [0.3, 0.4) is 0 Å². The van der Waals surface area contributed by atoms with Gasteiger partial charge in [-0.1, -0.05) is 29.3 Å². The molecule has 0 spiro atoms. The van der Waals surface area contributed by atoms with Gasteiger partial charge in [0.25, 0.3) is 5.91 Å². The molecule has 0 aromatic heterocycles. The van der Waals surface area contributed by atoms with Crippen LogP contribution < -0.4 is 5.32 Å². The van der Waals surface area contributed by atoms with Crippen LogP contribution in [0.15, 0.2) is 18.2 Å². The third kappa shape index (κ3) is 2.31. The van der Waals surface area contributed by atoms with Crippen LogP contribution in [0.5, 0.6) is 0 Å². The fourth-order valence-corrected chi connectivity index (χ4v) is 2.44. The van der Waals surface area contributed by atoms with Crippen molar-refractivity contribution in [3.05, 3.63) is 28.2 Å². The summed E-state index contributed by atoms with van der Waals surface area (Å²) in [5.74, 6) is -0.415. The number of carbonyl (C=O) groups excluding carboxylic acids is 2. The Hall–Kier alpha value is -1.26. The zero-order valence-corrected chi connectivity index (χ0v) is 11.3. The zero-order chi connectivity index (χ0) is 13.3. The average molecular weight is 287 g/mol. The predicted octanol–water partition coefficient (Wildman–Crippen LogP) is 2.55. The fraction of sp³-hybridized carbons (Fsp3) is 0.333. The monoisotopic (exact) mass is 286 g/mol. The summed E-state index contributed by atoms with van der Waals surface area (Å²) >= 11 is 12.0. The second-order valence-corrected chi connectivity index (χ2v) is 4.79. The van der Waals surface area contributed by atoms with Crippen LogP contribution in [-0.4, -0.2) is 29.3 Å². The molecule has 6 heteroatoms. The Kier molecular flexibility index (Phi) is 3.78. The minimum atomic E-state index is -0.588. The lowest BCUT2D eigenvalue weighted by Crippen LogP contribution is -2.34. The number of hydrogen-bond acceptors (Lipinski definition) is 3. The van der Waals surface area contributed by atoms with E-state index in [0.29, 0.717) is 22.3 Å². The number of halogens is 2. The molecule has 1 unspecified atom stereocenters. The minimum absolute atomic E-state index is 0.133. The van der Waals surface area contributed by atoms with Gasteiger partial charge in [-0.25, -0.2) is 0 Å². The highest BCUT2D eigenvalue weighted by molar-refractivity contribution is 6.39. The van der Waals surface area contributed by atoms with E-state index in [1.165, 1.54) is 4.90 Å². The number of hydrogen-bond donors (Lipinski definition) is 1. The first-order valence-electron chi connectivity index (χ1n) is 5.59. The number of benzene rings is 1. The molecule has 4 nitrogen and oxygen atoms in total. The van der Waals surface area contributed by atoms with Gasteiger partial charge in [0.1, 0.15) is 6.04 Å². The second kappa shape index (κ2) is 5.16. The summed E-state index contributed by atoms with van der Waals surface area (Å²) in [5, 5.41) is 3.80. The quantitative estimate of drug-likeness (QED) is 0.869. The van der Waals surface area contributed by atoms with Crippen molar-refractivity contribution in [2.75, 3.05) is 11.9 Å². The van der Waals surface area contributed by atoms with Gasteiger partial charge < -0.3 is 5.32 Å². The second-order valence-electron chi connectivity index (χ2n) is 3.97. The summed E-state index contributed by atoms with van der Waals surface area (Å²) in [5.41, 5.74) is 0.491. The SMILES string of the molecule is CCN1C(=O)CC(Nc2c(Cl)cccc2Cl)C1=O. The van der Waals surface area contributed by atoms with Crippen LogP contribution >= 0.6 is 23.2 Å². The van der Waals surface area contributed by atoms with Crippen molar-refractivity contribution in [1.29, 1.82) is 0 Å². The third-order valence-electron chi connectivity index (χ3n) is 2.84. The molecule has 0 aliphatic carbocycles. The number of imide groups is 1. The molecule has 1 saturated heterocycles. The number of amides is 2. The van der Waals surface area contributed by atoms with E-state index in [0.717, 1.165) is 0 Å². The van der Waals surface area contributed by atoms with Crippen LogP contribution in [0.1, 0.15) is 13.3 Å². The van der Waals surface area contributed by atoms with Gasteiger partial charge in [0, 0.05) is 6.54 Å². The van der Waals surface area contributed by atoms with E-state index in [-0.39, 0.29) is 18.2 Å². The van der Waals surface area contributed by atoms with Gasteiger partial charge in [-0.2, -0.15) is 0 Å². The molecule has 18 heavy (non-hydrogen) atoms. The Balaban J connectivity index is 2.21. The molecule has 1 aromatic carbocycles. The van der Waals surface area contributed by atoms with E-state index < -0.39 is 6.04 Å². The van der Waals surface area contributed by atoms with E-state index in [2.05, 4.69) is 5.32 Å². The molecule has 2 amide bonds. The summed E-state index contributed by atoms with van der Waals surface area (Å²) in [7, 11) is 0. The Morgan fingerprint density at radius 1 is 1.33 bits per heavy atom. The molecular formula is C12H12Cl2N2O2. The molecule has 1 aliphatic heterocycles. The van der Waals surface area contributed by atoms with Crippen LogP contribution in [0.4, 0.5) is 5.69 Å². The molecule has 1 fully saturated rings. The summed E-state index contributed by atoms with van der Waals surface area (Å²) in [6.45, 7) is 2.15. The number of nitrogens with zero attached hydrogens (tertiary/aromatic N) is 1. The lowest BCUT2D eigenvalue weighted by Gasteiger charge is -2.15. The molecular weight excluding hydrogens is 275 g/mol. The van der Waals surface area contributed by atoms with Gasteiger partial charge in [-0.3, -0.25) is 14.5 Å². The van der Waals surface area contributed by atoms with Crippen molar-refractivity contribution in [1.82, 2.24) is 4.90 Å².